The lowest BCUT2D eigenvalue weighted by Gasteiger charge is -2.29. The number of nitrogens with one attached hydrogen (secondary N) is 3. The maximum atomic E-state index is 13.6. The molecule has 0 aliphatic rings. The van der Waals surface area contributed by atoms with Gasteiger partial charge in [0.1, 0.15) is 6.04 Å². The third kappa shape index (κ3) is 12.0. The standard InChI is InChI=1S/C38H52N4O6S/c1-25(2)18-33(34(43)21-28(6)36(44)41-35(26(3)4)38(46)39-23-29-14-10-8-11-15-29)40-37(45)31-19-27(5)20-32(22-31)42(7)49(47,48)24-30-16-12-9-13-17-30/h8-17,19-20,22,25-26,28,33-35,43H,18,21,23-24H2,1-7H3,(H,39,46)(H,40,45)(H,41,44)/t28-,33+,34+,35+/m1/s1. The minimum atomic E-state index is -3.74. The molecule has 4 N–H and O–H groups in total. The topological polar surface area (TPSA) is 145 Å². The molecule has 4 atom stereocenters. The normalized spacial score (nSPS) is 14.1. The maximum absolute atomic E-state index is 13.6. The van der Waals surface area contributed by atoms with Gasteiger partial charge in [-0.3, -0.25) is 18.7 Å². The molecule has 0 spiro atoms. The number of aryl methyl sites for hydroxylation is 1. The number of carbonyl (C=O) groups is 3. The summed E-state index contributed by atoms with van der Waals surface area (Å²) >= 11 is 0. The van der Waals surface area contributed by atoms with Gasteiger partial charge in [-0.05, 0) is 66.5 Å². The number of rotatable bonds is 17. The summed E-state index contributed by atoms with van der Waals surface area (Å²) in [5.74, 6) is -2.02. The van der Waals surface area contributed by atoms with Crippen molar-refractivity contribution in [3.8, 4) is 0 Å². The van der Waals surface area contributed by atoms with Crippen LogP contribution >= 0.6 is 0 Å². The van der Waals surface area contributed by atoms with E-state index in [1.54, 1.807) is 50.2 Å². The molecule has 0 aliphatic carbocycles. The fourth-order valence-electron chi connectivity index (χ4n) is 5.55. The van der Waals surface area contributed by atoms with Crippen LogP contribution in [0.2, 0.25) is 0 Å². The molecule has 0 fully saturated rings. The Hall–Kier alpha value is -4.22. The molecular formula is C38H52N4O6S. The molecular weight excluding hydrogens is 641 g/mol. The van der Waals surface area contributed by atoms with E-state index in [0.717, 1.165) is 5.56 Å². The van der Waals surface area contributed by atoms with E-state index >= 15 is 0 Å². The second kappa shape index (κ2) is 18.0. The van der Waals surface area contributed by atoms with Crippen LogP contribution in [0, 0.1) is 24.7 Å². The molecule has 0 saturated heterocycles. The molecule has 0 aliphatic heterocycles. The molecule has 3 rings (SSSR count). The third-order valence-corrected chi connectivity index (χ3v) is 10.1. The molecule has 10 nitrogen and oxygen atoms in total. The first kappa shape index (κ1) is 39.2. The molecule has 0 radical (unpaired) electrons. The van der Waals surface area contributed by atoms with Crippen LogP contribution in [0.3, 0.4) is 0 Å². The highest BCUT2D eigenvalue weighted by Crippen LogP contribution is 2.24. The van der Waals surface area contributed by atoms with Crippen LogP contribution in [0.5, 0.6) is 0 Å². The number of amides is 3. The zero-order valence-electron chi connectivity index (χ0n) is 29.6. The van der Waals surface area contributed by atoms with Gasteiger partial charge in [-0.1, -0.05) is 95.3 Å². The van der Waals surface area contributed by atoms with Gasteiger partial charge in [-0.2, -0.15) is 0 Å². The first-order valence-electron chi connectivity index (χ1n) is 16.8. The van der Waals surface area contributed by atoms with Gasteiger partial charge in [0.25, 0.3) is 5.91 Å². The number of carbonyl (C=O) groups excluding carboxylic acids is 3. The largest absolute Gasteiger partial charge is 0.391 e. The minimum absolute atomic E-state index is 0.0550. The zero-order valence-corrected chi connectivity index (χ0v) is 30.5. The quantitative estimate of drug-likeness (QED) is 0.158. The number of hydrogen-bond donors (Lipinski definition) is 4. The second-order valence-electron chi connectivity index (χ2n) is 13.6. The van der Waals surface area contributed by atoms with Crippen LogP contribution in [-0.4, -0.2) is 56.5 Å². The van der Waals surface area contributed by atoms with Gasteiger partial charge in [0.15, 0.2) is 0 Å². The highest BCUT2D eigenvalue weighted by Gasteiger charge is 2.30. The Morgan fingerprint density at radius 2 is 1.39 bits per heavy atom. The molecule has 0 saturated carbocycles. The summed E-state index contributed by atoms with van der Waals surface area (Å²) in [5, 5.41) is 20.0. The van der Waals surface area contributed by atoms with Crippen molar-refractivity contribution >= 4 is 33.4 Å². The van der Waals surface area contributed by atoms with Crippen molar-refractivity contribution in [2.24, 2.45) is 17.8 Å². The van der Waals surface area contributed by atoms with Gasteiger partial charge in [0.05, 0.1) is 23.6 Å². The molecule has 266 valence electrons. The van der Waals surface area contributed by atoms with Crippen LogP contribution in [0.15, 0.2) is 78.9 Å². The lowest BCUT2D eigenvalue weighted by Crippen LogP contribution is -2.51. The number of aliphatic hydroxyl groups excluding tert-OH is 1. The van der Waals surface area contributed by atoms with Gasteiger partial charge in [-0.25, -0.2) is 8.42 Å². The first-order valence-corrected chi connectivity index (χ1v) is 18.4. The van der Waals surface area contributed by atoms with E-state index in [0.29, 0.717) is 29.8 Å². The Bertz CT molecular complexity index is 1650. The average Bonchev–Trinajstić information content (AvgIpc) is 3.05. The molecule has 49 heavy (non-hydrogen) atoms. The fraction of sp³-hybridized carbons (Fsp3) is 0.447. The highest BCUT2D eigenvalue weighted by atomic mass is 32.2. The van der Waals surface area contributed by atoms with Crippen LogP contribution < -0.4 is 20.3 Å². The van der Waals surface area contributed by atoms with Crippen LogP contribution in [0.1, 0.15) is 74.5 Å². The van der Waals surface area contributed by atoms with Crippen LogP contribution in [0.4, 0.5) is 5.69 Å². The predicted octanol–water partition coefficient (Wildman–Crippen LogP) is 4.95. The van der Waals surface area contributed by atoms with E-state index in [1.165, 1.54) is 17.4 Å². The fourth-order valence-corrected chi connectivity index (χ4v) is 6.78. The molecule has 0 unspecified atom stereocenters. The number of sulfonamides is 1. The molecule has 3 amide bonds. The molecule has 3 aromatic carbocycles. The van der Waals surface area contributed by atoms with Gasteiger partial charge in [-0.15, -0.1) is 0 Å². The molecule has 11 heteroatoms. The Morgan fingerprint density at radius 1 is 0.796 bits per heavy atom. The summed E-state index contributed by atoms with van der Waals surface area (Å²) in [6.45, 7) is 11.5. The molecule has 0 heterocycles. The lowest BCUT2D eigenvalue weighted by molar-refractivity contribution is -0.132. The van der Waals surface area contributed by atoms with E-state index in [2.05, 4.69) is 16.0 Å². The summed E-state index contributed by atoms with van der Waals surface area (Å²) in [4.78, 5) is 39.8. The van der Waals surface area contributed by atoms with Gasteiger partial charge in [0, 0.05) is 25.1 Å². The lowest BCUT2D eigenvalue weighted by atomic mass is 9.91. The van der Waals surface area contributed by atoms with Gasteiger partial charge >= 0.3 is 0 Å². The van der Waals surface area contributed by atoms with E-state index < -0.39 is 40.0 Å². The van der Waals surface area contributed by atoms with E-state index in [1.807, 2.05) is 64.1 Å². The van der Waals surface area contributed by atoms with Crippen LogP contribution in [-0.2, 0) is 31.9 Å². The van der Waals surface area contributed by atoms with Crippen molar-refractivity contribution in [2.45, 2.75) is 84.9 Å². The van der Waals surface area contributed by atoms with E-state index in [4.69, 9.17) is 0 Å². The van der Waals surface area contributed by atoms with Gasteiger partial charge < -0.3 is 21.1 Å². The van der Waals surface area contributed by atoms with Crippen molar-refractivity contribution in [3.05, 3.63) is 101 Å². The van der Waals surface area contributed by atoms with Crippen molar-refractivity contribution < 1.29 is 27.9 Å². The van der Waals surface area contributed by atoms with E-state index in [9.17, 15) is 27.9 Å². The monoisotopic (exact) mass is 692 g/mol. The van der Waals surface area contributed by atoms with Crippen molar-refractivity contribution in [1.29, 1.82) is 0 Å². The Balaban J connectivity index is 1.68. The summed E-state index contributed by atoms with van der Waals surface area (Å²) < 4.78 is 27.6. The number of benzene rings is 3. The maximum Gasteiger partial charge on any atom is 0.251 e. The third-order valence-electron chi connectivity index (χ3n) is 8.40. The highest BCUT2D eigenvalue weighted by molar-refractivity contribution is 7.92. The molecule has 0 bridgehead atoms. The number of hydrogen-bond acceptors (Lipinski definition) is 6. The van der Waals surface area contributed by atoms with Gasteiger partial charge in [0.2, 0.25) is 21.8 Å². The Morgan fingerprint density at radius 3 is 1.96 bits per heavy atom. The SMILES string of the molecule is Cc1cc(C(=O)N[C@@H](CC(C)C)[C@@H](O)C[C@@H](C)C(=O)N[C@H](C(=O)NCc2ccccc2)C(C)C)cc(N(C)S(=O)(=O)Cc2ccccc2)c1. The molecule has 3 aromatic rings. The number of nitrogens with zero attached hydrogens (tertiary/aromatic N) is 1. The molecule has 0 aromatic heterocycles. The summed E-state index contributed by atoms with van der Waals surface area (Å²) in [7, 11) is -2.28. The van der Waals surface area contributed by atoms with Crippen molar-refractivity contribution in [2.75, 3.05) is 11.4 Å². The number of aliphatic hydroxyl groups is 1. The predicted molar refractivity (Wildman–Crippen MR) is 194 cm³/mol. The average molecular weight is 693 g/mol. The minimum Gasteiger partial charge on any atom is -0.391 e. The smallest absolute Gasteiger partial charge is 0.251 e. The summed E-state index contributed by atoms with van der Waals surface area (Å²) in [6.07, 6.45) is -0.559. The van der Waals surface area contributed by atoms with Crippen LogP contribution in [0.25, 0.3) is 0 Å². The van der Waals surface area contributed by atoms with Crippen molar-refractivity contribution in [3.63, 3.8) is 0 Å². The van der Waals surface area contributed by atoms with E-state index in [-0.39, 0.29) is 41.4 Å². The Labute approximate surface area is 291 Å². The van der Waals surface area contributed by atoms with Crippen molar-refractivity contribution in [1.82, 2.24) is 16.0 Å². The summed E-state index contributed by atoms with van der Waals surface area (Å²) in [6, 6.07) is 21.8. The summed E-state index contributed by atoms with van der Waals surface area (Å²) in [5.41, 5.74) is 2.90. The zero-order chi connectivity index (χ0) is 36.3. The Kier molecular flexibility index (Phi) is 14.4. The number of anilines is 1. The first-order chi connectivity index (χ1) is 23.1. The second-order valence-corrected chi connectivity index (χ2v) is 15.6.